The third kappa shape index (κ3) is 4.08. The van der Waals surface area contributed by atoms with Crippen LogP contribution in [0.25, 0.3) is 32.7 Å². The van der Waals surface area contributed by atoms with Gasteiger partial charge >= 0.3 is 12.1 Å². The largest absolute Gasteiger partial charge is 0.479 e. The zero-order valence-corrected chi connectivity index (χ0v) is 20.1. The first-order valence-electron chi connectivity index (χ1n) is 12.3. The molecule has 0 saturated heterocycles. The molecule has 0 heterocycles. The number of carboxylic acids is 1. The lowest BCUT2D eigenvalue weighted by Gasteiger charge is -2.29. The van der Waals surface area contributed by atoms with Crippen molar-refractivity contribution < 1.29 is 19.4 Å². The number of alkyl carbamates (subject to hydrolysis) is 1. The van der Waals surface area contributed by atoms with Crippen LogP contribution in [-0.4, -0.2) is 22.7 Å². The Labute approximate surface area is 214 Å². The Kier molecular flexibility index (Phi) is 5.61. The number of benzene rings is 5. The van der Waals surface area contributed by atoms with Gasteiger partial charge in [0.2, 0.25) is 0 Å². The number of carbonyl (C=O) groups excluding carboxylic acids is 1. The van der Waals surface area contributed by atoms with Crippen LogP contribution in [0, 0.1) is 0 Å². The fourth-order valence-corrected chi connectivity index (χ4v) is 5.48. The van der Waals surface area contributed by atoms with E-state index >= 15 is 0 Å². The van der Waals surface area contributed by atoms with E-state index in [2.05, 4.69) is 29.6 Å². The Morgan fingerprint density at radius 1 is 0.703 bits per heavy atom. The van der Waals surface area contributed by atoms with Crippen LogP contribution in [0.2, 0.25) is 0 Å². The summed E-state index contributed by atoms with van der Waals surface area (Å²) in [6.07, 6.45) is -0.490. The standard InChI is InChI=1S/C32H25NO4/c34-30(35)32(33-31(36)37-20-21-8-2-1-3-9-21)18-24-16-14-22-10-4-6-12-26(22)28(24)29-25(19-32)17-15-23-11-5-7-13-27(23)29/h1-17H,18-20H2,(H,33,36)(H,34,35). The molecule has 0 atom stereocenters. The molecule has 182 valence electrons. The van der Waals surface area contributed by atoms with Gasteiger partial charge in [0.05, 0.1) is 0 Å². The molecule has 0 unspecified atom stereocenters. The van der Waals surface area contributed by atoms with E-state index in [1.807, 2.05) is 78.9 Å². The second-order valence-electron chi connectivity index (χ2n) is 9.57. The van der Waals surface area contributed by atoms with Gasteiger partial charge in [-0.1, -0.05) is 103 Å². The number of carboxylic acid groups (broad SMARTS) is 1. The first-order valence-corrected chi connectivity index (χ1v) is 12.3. The summed E-state index contributed by atoms with van der Waals surface area (Å²) in [5.74, 6) is -1.09. The quantitative estimate of drug-likeness (QED) is 0.303. The molecular weight excluding hydrogens is 462 g/mol. The summed E-state index contributed by atoms with van der Waals surface area (Å²) in [6.45, 7) is 0.0603. The summed E-state index contributed by atoms with van der Waals surface area (Å²) in [4.78, 5) is 25.9. The summed E-state index contributed by atoms with van der Waals surface area (Å²) in [5, 5.41) is 17.6. The SMILES string of the molecule is O=C(NC1(C(=O)O)Cc2ccc3ccccc3c2-c2c(ccc3ccccc23)C1)OCc1ccccc1. The van der Waals surface area contributed by atoms with Gasteiger partial charge in [-0.25, -0.2) is 9.59 Å². The van der Waals surface area contributed by atoms with Crippen molar-refractivity contribution in [1.29, 1.82) is 0 Å². The van der Waals surface area contributed by atoms with E-state index < -0.39 is 17.6 Å². The van der Waals surface area contributed by atoms with Crippen molar-refractivity contribution >= 4 is 33.6 Å². The van der Waals surface area contributed by atoms with Crippen molar-refractivity contribution in [3.63, 3.8) is 0 Å². The van der Waals surface area contributed by atoms with E-state index in [-0.39, 0.29) is 19.4 Å². The molecule has 5 nitrogen and oxygen atoms in total. The highest BCUT2D eigenvalue weighted by atomic mass is 16.5. The van der Waals surface area contributed by atoms with Crippen molar-refractivity contribution in [2.75, 3.05) is 0 Å². The van der Waals surface area contributed by atoms with E-state index in [1.54, 1.807) is 0 Å². The third-order valence-electron chi connectivity index (χ3n) is 7.23. The molecule has 0 bridgehead atoms. The fraction of sp³-hybridized carbons (Fsp3) is 0.125. The van der Waals surface area contributed by atoms with Gasteiger partial charge in [0, 0.05) is 12.8 Å². The summed E-state index contributed by atoms with van der Waals surface area (Å²) >= 11 is 0. The molecule has 6 rings (SSSR count). The maximum atomic E-state index is 13.0. The normalized spacial score (nSPS) is 13.8. The number of hydrogen-bond donors (Lipinski definition) is 2. The Bertz CT molecular complexity index is 1570. The summed E-state index contributed by atoms with van der Waals surface area (Å²) in [6, 6.07) is 33.6. The van der Waals surface area contributed by atoms with Crippen molar-refractivity contribution in [3.05, 3.63) is 120 Å². The minimum Gasteiger partial charge on any atom is -0.479 e. The Balaban J connectivity index is 1.49. The highest BCUT2D eigenvalue weighted by molar-refractivity contribution is 6.08. The van der Waals surface area contributed by atoms with Gasteiger partial charge in [-0.15, -0.1) is 0 Å². The molecule has 0 saturated carbocycles. The number of aliphatic carboxylic acids is 1. The molecule has 0 aliphatic heterocycles. The van der Waals surface area contributed by atoms with E-state index in [1.165, 1.54) is 0 Å². The van der Waals surface area contributed by atoms with Gasteiger partial charge in [0.25, 0.3) is 0 Å². The maximum Gasteiger partial charge on any atom is 0.408 e. The van der Waals surface area contributed by atoms with Crippen LogP contribution in [0.3, 0.4) is 0 Å². The van der Waals surface area contributed by atoms with Crippen LogP contribution in [0.4, 0.5) is 4.79 Å². The fourth-order valence-electron chi connectivity index (χ4n) is 5.48. The van der Waals surface area contributed by atoms with Gasteiger partial charge in [-0.2, -0.15) is 0 Å². The van der Waals surface area contributed by atoms with Crippen LogP contribution in [-0.2, 0) is 29.0 Å². The molecular formula is C32H25NO4. The molecule has 1 amide bonds. The summed E-state index contributed by atoms with van der Waals surface area (Å²) in [5.41, 5.74) is 3.05. The van der Waals surface area contributed by atoms with Crippen molar-refractivity contribution in [1.82, 2.24) is 5.32 Å². The van der Waals surface area contributed by atoms with Crippen LogP contribution >= 0.6 is 0 Å². The number of rotatable bonds is 4. The molecule has 5 aromatic carbocycles. The van der Waals surface area contributed by atoms with Crippen molar-refractivity contribution in [3.8, 4) is 11.1 Å². The Hall–Kier alpha value is -4.64. The van der Waals surface area contributed by atoms with E-state index in [0.717, 1.165) is 49.4 Å². The molecule has 5 heteroatoms. The average Bonchev–Trinajstić information content (AvgIpc) is 3.07. The number of amides is 1. The smallest absolute Gasteiger partial charge is 0.408 e. The van der Waals surface area contributed by atoms with Gasteiger partial charge in [-0.05, 0) is 49.4 Å². The van der Waals surface area contributed by atoms with Crippen LogP contribution in [0.15, 0.2) is 103 Å². The van der Waals surface area contributed by atoms with Crippen molar-refractivity contribution in [2.24, 2.45) is 0 Å². The molecule has 1 aliphatic carbocycles. The number of carbonyl (C=O) groups is 2. The second kappa shape index (κ2) is 9.10. The Morgan fingerprint density at radius 2 is 1.22 bits per heavy atom. The Morgan fingerprint density at radius 3 is 1.76 bits per heavy atom. The topological polar surface area (TPSA) is 75.6 Å². The molecule has 0 radical (unpaired) electrons. The number of nitrogens with one attached hydrogen (secondary N) is 1. The summed E-state index contributed by atoms with van der Waals surface area (Å²) < 4.78 is 5.45. The monoisotopic (exact) mass is 487 g/mol. The van der Waals surface area contributed by atoms with E-state index in [9.17, 15) is 14.7 Å². The molecule has 0 fully saturated rings. The van der Waals surface area contributed by atoms with Crippen molar-refractivity contribution in [2.45, 2.75) is 25.0 Å². The lowest BCUT2D eigenvalue weighted by Crippen LogP contribution is -2.57. The van der Waals surface area contributed by atoms with Gasteiger partial charge in [-0.3, -0.25) is 0 Å². The predicted octanol–water partition coefficient (Wildman–Crippen LogP) is 6.51. The highest BCUT2D eigenvalue weighted by Gasteiger charge is 2.44. The first kappa shape index (κ1) is 22.8. The molecule has 1 aliphatic rings. The van der Waals surface area contributed by atoms with Gasteiger partial charge in [0.1, 0.15) is 12.1 Å². The molecule has 37 heavy (non-hydrogen) atoms. The lowest BCUT2D eigenvalue weighted by atomic mass is 9.86. The minimum absolute atomic E-state index is 0.0603. The van der Waals surface area contributed by atoms with E-state index in [4.69, 9.17) is 4.74 Å². The zero-order valence-electron chi connectivity index (χ0n) is 20.1. The molecule has 0 aromatic heterocycles. The molecule has 5 aromatic rings. The number of ether oxygens (including phenoxy) is 1. The lowest BCUT2D eigenvalue weighted by molar-refractivity contribution is -0.144. The number of fused-ring (bicyclic) bond motifs is 7. The van der Waals surface area contributed by atoms with Gasteiger partial charge in [0.15, 0.2) is 0 Å². The second-order valence-corrected chi connectivity index (χ2v) is 9.57. The van der Waals surface area contributed by atoms with Gasteiger partial charge < -0.3 is 15.2 Å². The molecule has 0 spiro atoms. The molecule has 2 N–H and O–H groups in total. The summed E-state index contributed by atoms with van der Waals surface area (Å²) in [7, 11) is 0. The zero-order chi connectivity index (χ0) is 25.4. The average molecular weight is 488 g/mol. The first-order chi connectivity index (χ1) is 18.0. The van der Waals surface area contributed by atoms with Crippen LogP contribution in [0.5, 0.6) is 0 Å². The predicted molar refractivity (Wildman–Crippen MR) is 144 cm³/mol. The highest BCUT2D eigenvalue weighted by Crippen LogP contribution is 2.44. The number of hydrogen-bond acceptors (Lipinski definition) is 3. The van der Waals surface area contributed by atoms with Crippen LogP contribution in [0.1, 0.15) is 16.7 Å². The third-order valence-corrected chi connectivity index (χ3v) is 7.23. The van der Waals surface area contributed by atoms with Crippen LogP contribution < -0.4 is 5.32 Å². The maximum absolute atomic E-state index is 13.0. The minimum atomic E-state index is -1.57. The van der Waals surface area contributed by atoms with E-state index in [0.29, 0.717) is 0 Å².